The van der Waals surface area contributed by atoms with Gasteiger partial charge in [-0.3, -0.25) is 0 Å². The highest BCUT2D eigenvalue weighted by molar-refractivity contribution is 5.34. The van der Waals surface area contributed by atoms with Crippen LogP contribution in [0.2, 0.25) is 0 Å². The van der Waals surface area contributed by atoms with Gasteiger partial charge >= 0.3 is 0 Å². The Morgan fingerprint density at radius 1 is 0.821 bits per heavy atom. The van der Waals surface area contributed by atoms with E-state index in [2.05, 4.69) is 66.0 Å². The Bertz CT molecular complexity index is 799. The van der Waals surface area contributed by atoms with Crippen molar-refractivity contribution in [1.29, 1.82) is 0 Å². The maximum atomic E-state index is 10.5. The molecule has 4 rings (SSSR count). The zero-order chi connectivity index (χ0) is 19.2. The molecular formula is C25H27NO2. The Balaban J connectivity index is 1.53. The molecule has 2 N–H and O–H groups in total. The molecule has 1 saturated heterocycles. The Kier molecular flexibility index (Phi) is 6.17. The highest BCUT2D eigenvalue weighted by Crippen LogP contribution is 2.34. The molecule has 0 bridgehead atoms. The van der Waals surface area contributed by atoms with Crippen LogP contribution >= 0.6 is 0 Å². The molecular weight excluding hydrogens is 346 g/mol. The monoisotopic (exact) mass is 373 g/mol. The van der Waals surface area contributed by atoms with Gasteiger partial charge in [-0.1, -0.05) is 91.0 Å². The van der Waals surface area contributed by atoms with Gasteiger partial charge in [-0.2, -0.15) is 0 Å². The Morgan fingerprint density at radius 2 is 1.36 bits per heavy atom. The average molecular weight is 373 g/mol. The van der Waals surface area contributed by atoms with Gasteiger partial charge in [-0.25, -0.2) is 0 Å². The van der Waals surface area contributed by atoms with E-state index < -0.39 is 6.10 Å². The van der Waals surface area contributed by atoms with Gasteiger partial charge in [0, 0.05) is 18.5 Å². The summed E-state index contributed by atoms with van der Waals surface area (Å²) in [7, 11) is 0. The zero-order valence-electron chi connectivity index (χ0n) is 15.9. The molecule has 3 atom stereocenters. The van der Waals surface area contributed by atoms with Gasteiger partial charge in [0.15, 0.2) is 0 Å². The molecule has 1 heterocycles. The van der Waals surface area contributed by atoms with E-state index in [1.165, 1.54) is 16.7 Å². The SMILES string of the molecule is O[C@@H]1CO[C@H](C(c2ccccc2)c2ccccc2)C[C@H]1NCc1ccccc1. The summed E-state index contributed by atoms with van der Waals surface area (Å²) < 4.78 is 6.15. The third-order valence-corrected chi connectivity index (χ3v) is 5.53. The standard InChI is InChI=1S/C25H27NO2/c27-23-18-28-24(16-22(23)26-17-19-10-4-1-5-11-19)25(20-12-6-2-7-13-20)21-14-8-3-9-15-21/h1-15,22-27H,16-18H2/t22-,23-,24+/m1/s1. The van der Waals surface area contributed by atoms with Gasteiger partial charge in [0.2, 0.25) is 0 Å². The number of aliphatic hydroxyl groups is 1. The Labute approximate surface area is 167 Å². The zero-order valence-corrected chi connectivity index (χ0v) is 15.9. The lowest BCUT2D eigenvalue weighted by Crippen LogP contribution is -2.50. The van der Waals surface area contributed by atoms with Crippen LogP contribution in [0, 0.1) is 0 Å². The van der Waals surface area contributed by atoms with Crippen LogP contribution in [0.15, 0.2) is 91.0 Å². The van der Waals surface area contributed by atoms with E-state index in [4.69, 9.17) is 4.74 Å². The van der Waals surface area contributed by atoms with Gasteiger partial charge < -0.3 is 15.2 Å². The molecule has 3 heteroatoms. The van der Waals surface area contributed by atoms with E-state index in [0.717, 1.165) is 13.0 Å². The van der Waals surface area contributed by atoms with Crippen molar-refractivity contribution in [2.75, 3.05) is 6.61 Å². The summed E-state index contributed by atoms with van der Waals surface area (Å²) in [6, 6.07) is 31.4. The molecule has 3 nitrogen and oxygen atoms in total. The van der Waals surface area contributed by atoms with Crippen molar-refractivity contribution in [2.24, 2.45) is 0 Å². The molecule has 1 fully saturated rings. The van der Waals surface area contributed by atoms with Crippen LogP contribution in [0.25, 0.3) is 0 Å². The lowest BCUT2D eigenvalue weighted by atomic mass is 9.82. The topological polar surface area (TPSA) is 41.5 Å². The van der Waals surface area contributed by atoms with E-state index in [1.54, 1.807) is 0 Å². The fourth-order valence-electron chi connectivity index (χ4n) is 4.05. The second-order valence-electron chi connectivity index (χ2n) is 7.45. The van der Waals surface area contributed by atoms with Crippen LogP contribution in [0.3, 0.4) is 0 Å². The van der Waals surface area contributed by atoms with Crippen LogP contribution in [0.5, 0.6) is 0 Å². The predicted octanol–water partition coefficient (Wildman–Crippen LogP) is 4.13. The molecule has 0 radical (unpaired) electrons. The number of hydrogen-bond donors (Lipinski definition) is 2. The van der Waals surface area contributed by atoms with E-state index in [9.17, 15) is 5.11 Å². The number of ether oxygens (including phenoxy) is 1. The fraction of sp³-hybridized carbons (Fsp3) is 0.280. The van der Waals surface area contributed by atoms with E-state index in [-0.39, 0.29) is 18.1 Å². The molecule has 0 spiro atoms. The number of nitrogens with one attached hydrogen (secondary N) is 1. The lowest BCUT2D eigenvalue weighted by Gasteiger charge is -2.38. The number of rotatable bonds is 6. The van der Waals surface area contributed by atoms with Crippen molar-refractivity contribution in [1.82, 2.24) is 5.32 Å². The molecule has 0 amide bonds. The van der Waals surface area contributed by atoms with Crippen LogP contribution < -0.4 is 5.32 Å². The fourth-order valence-corrected chi connectivity index (χ4v) is 4.05. The Hall–Kier alpha value is -2.46. The van der Waals surface area contributed by atoms with E-state index in [0.29, 0.717) is 6.61 Å². The number of hydrogen-bond acceptors (Lipinski definition) is 3. The molecule has 28 heavy (non-hydrogen) atoms. The largest absolute Gasteiger partial charge is 0.389 e. The van der Waals surface area contributed by atoms with Crippen molar-refractivity contribution in [2.45, 2.75) is 37.1 Å². The summed E-state index contributed by atoms with van der Waals surface area (Å²) in [5, 5.41) is 14.0. The molecule has 0 saturated carbocycles. The van der Waals surface area contributed by atoms with Gasteiger partial charge in [-0.15, -0.1) is 0 Å². The normalized spacial score (nSPS) is 22.3. The summed E-state index contributed by atoms with van der Waals surface area (Å²) in [4.78, 5) is 0. The van der Waals surface area contributed by atoms with Gasteiger partial charge in [0.25, 0.3) is 0 Å². The first-order valence-electron chi connectivity index (χ1n) is 9.98. The lowest BCUT2D eigenvalue weighted by molar-refractivity contribution is -0.0791. The first kappa shape index (κ1) is 18.9. The quantitative estimate of drug-likeness (QED) is 0.683. The van der Waals surface area contributed by atoms with E-state index in [1.807, 2.05) is 30.3 Å². The summed E-state index contributed by atoms with van der Waals surface area (Å²) >= 11 is 0. The van der Waals surface area contributed by atoms with Gasteiger partial charge in [-0.05, 0) is 23.1 Å². The minimum absolute atomic E-state index is 0.00822. The molecule has 0 aromatic heterocycles. The predicted molar refractivity (Wildman–Crippen MR) is 112 cm³/mol. The van der Waals surface area contributed by atoms with Gasteiger partial charge in [0.05, 0.1) is 18.8 Å². The summed E-state index contributed by atoms with van der Waals surface area (Å²) in [6.45, 7) is 1.10. The molecule has 1 aliphatic rings. The maximum Gasteiger partial charge on any atom is 0.0927 e. The van der Waals surface area contributed by atoms with Crippen LogP contribution in [0.4, 0.5) is 0 Å². The molecule has 144 valence electrons. The van der Waals surface area contributed by atoms with Crippen molar-refractivity contribution >= 4 is 0 Å². The van der Waals surface area contributed by atoms with Crippen LogP contribution in [-0.4, -0.2) is 30.0 Å². The highest BCUT2D eigenvalue weighted by Gasteiger charge is 2.35. The van der Waals surface area contributed by atoms with E-state index >= 15 is 0 Å². The highest BCUT2D eigenvalue weighted by atomic mass is 16.5. The third-order valence-electron chi connectivity index (χ3n) is 5.53. The van der Waals surface area contributed by atoms with Crippen molar-refractivity contribution in [3.8, 4) is 0 Å². The summed E-state index contributed by atoms with van der Waals surface area (Å²) in [6.07, 6.45) is 0.288. The second kappa shape index (κ2) is 9.16. The number of benzene rings is 3. The number of aliphatic hydroxyl groups excluding tert-OH is 1. The molecule has 3 aromatic carbocycles. The van der Waals surface area contributed by atoms with Crippen LogP contribution in [-0.2, 0) is 11.3 Å². The maximum absolute atomic E-state index is 10.5. The smallest absolute Gasteiger partial charge is 0.0927 e. The second-order valence-corrected chi connectivity index (χ2v) is 7.45. The first-order valence-corrected chi connectivity index (χ1v) is 9.98. The summed E-state index contributed by atoms with van der Waals surface area (Å²) in [5.74, 6) is 0.149. The Morgan fingerprint density at radius 3 is 1.93 bits per heavy atom. The average Bonchev–Trinajstić information content (AvgIpc) is 2.76. The van der Waals surface area contributed by atoms with Crippen LogP contribution in [0.1, 0.15) is 29.0 Å². The first-order chi connectivity index (χ1) is 13.8. The van der Waals surface area contributed by atoms with Crippen molar-refractivity contribution in [3.63, 3.8) is 0 Å². The summed E-state index contributed by atoms with van der Waals surface area (Å²) in [5.41, 5.74) is 3.72. The minimum Gasteiger partial charge on any atom is -0.389 e. The third kappa shape index (κ3) is 4.50. The minimum atomic E-state index is -0.493. The molecule has 0 unspecified atom stereocenters. The molecule has 3 aromatic rings. The van der Waals surface area contributed by atoms with Crippen molar-refractivity contribution in [3.05, 3.63) is 108 Å². The van der Waals surface area contributed by atoms with Crippen molar-refractivity contribution < 1.29 is 9.84 Å². The van der Waals surface area contributed by atoms with Gasteiger partial charge in [0.1, 0.15) is 0 Å². The molecule has 0 aliphatic carbocycles. The molecule has 1 aliphatic heterocycles.